The molecule has 2 aromatic rings. The van der Waals surface area contributed by atoms with Crippen molar-refractivity contribution in [2.75, 3.05) is 27.4 Å². The molecule has 0 amide bonds. The highest BCUT2D eigenvalue weighted by Crippen LogP contribution is 2.33. The van der Waals surface area contributed by atoms with Gasteiger partial charge in [-0.2, -0.15) is 0 Å². The molecular weight excluding hydrogens is 302 g/mol. The zero-order valence-electron chi connectivity index (χ0n) is 14.7. The van der Waals surface area contributed by atoms with E-state index in [4.69, 9.17) is 14.2 Å². The average molecular weight is 327 g/mol. The van der Waals surface area contributed by atoms with Gasteiger partial charge in [0.2, 0.25) is 0 Å². The van der Waals surface area contributed by atoms with E-state index in [1.54, 1.807) is 14.2 Å². The third-order valence-corrected chi connectivity index (χ3v) is 4.44. The Morgan fingerprint density at radius 3 is 2.25 bits per heavy atom. The molecule has 3 rings (SSSR count). The lowest BCUT2D eigenvalue weighted by Gasteiger charge is -2.29. The van der Waals surface area contributed by atoms with Crippen LogP contribution >= 0.6 is 0 Å². The van der Waals surface area contributed by atoms with Crippen molar-refractivity contribution in [2.24, 2.45) is 0 Å². The summed E-state index contributed by atoms with van der Waals surface area (Å²) in [6.45, 7) is 5.63. The van der Waals surface area contributed by atoms with Gasteiger partial charge in [0, 0.05) is 19.6 Å². The summed E-state index contributed by atoms with van der Waals surface area (Å²) in [4.78, 5) is 2.46. The molecule has 1 aliphatic rings. The Labute approximate surface area is 144 Å². The van der Waals surface area contributed by atoms with E-state index in [0.717, 1.165) is 43.3 Å². The molecule has 1 heterocycles. The average Bonchev–Trinajstić information content (AvgIpc) is 2.62. The minimum atomic E-state index is 0.702. The number of ether oxygens (including phenoxy) is 3. The van der Waals surface area contributed by atoms with E-state index in [0.29, 0.717) is 6.61 Å². The molecule has 24 heavy (non-hydrogen) atoms. The molecule has 0 N–H and O–H groups in total. The van der Waals surface area contributed by atoms with Gasteiger partial charge in [-0.05, 0) is 54.3 Å². The summed E-state index contributed by atoms with van der Waals surface area (Å²) in [5.74, 6) is 2.55. The molecule has 0 aliphatic carbocycles. The first kappa shape index (κ1) is 16.7. The predicted molar refractivity (Wildman–Crippen MR) is 95.0 cm³/mol. The zero-order valence-corrected chi connectivity index (χ0v) is 14.7. The van der Waals surface area contributed by atoms with Gasteiger partial charge < -0.3 is 14.2 Å². The highest BCUT2D eigenvalue weighted by molar-refractivity contribution is 5.48. The zero-order chi connectivity index (χ0) is 16.9. The second-order valence-corrected chi connectivity index (χ2v) is 6.01. The molecule has 0 aromatic heterocycles. The topological polar surface area (TPSA) is 30.9 Å². The Kier molecular flexibility index (Phi) is 5.26. The molecule has 0 saturated heterocycles. The van der Waals surface area contributed by atoms with Crippen LogP contribution in [-0.2, 0) is 19.5 Å². The second kappa shape index (κ2) is 7.58. The van der Waals surface area contributed by atoms with Crippen LogP contribution in [0.1, 0.15) is 23.6 Å². The van der Waals surface area contributed by atoms with Gasteiger partial charge in [0.15, 0.2) is 11.5 Å². The van der Waals surface area contributed by atoms with E-state index in [-0.39, 0.29) is 0 Å². The fourth-order valence-corrected chi connectivity index (χ4v) is 3.19. The summed E-state index contributed by atoms with van der Waals surface area (Å²) in [6.07, 6.45) is 1.03. The van der Waals surface area contributed by atoms with Crippen molar-refractivity contribution in [2.45, 2.75) is 26.4 Å². The van der Waals surface area contributed by atoms with Gasteiger partial charge in [0.05, 0.1) is 20.8 Å². The molecular formula is C20H25NO3. The van der Waals surface area contributed by atoms with Crippen molar-refractivity contribution >= 4 is 0 Å². The van der Waals surface area contributed by atoms with E-state index in [1.165, 1.54) is 16.7 Å². The Balaban J connectivity index is 1.70. The summed E-state index contributed by atoms with van der Waals surface area (Å²) >= 11 is 0. The van der Waals surface area contributed by atoms with Crippen molar-refractivity contribution in [3.05, 3.63) is 53.1 Å². The lowest BCUT2D eigenvalue weighted by atomic mass is 9.98. The fourth-order valence-electron chi connectivity index (χ4n) is 3.19. The number of nitrogens with zero attached hydrogens (tertiary/aromatic N) is 1. The monoisotopic (exact) mass is 327 g/mol. The van der Waals surface area contributed by atoms with Crippen LogP contribution < -0.4 is 14.2 Å². The highest BCUT2D eigenvalue weighted by atomic mass is 16.5. The summed E-state index contributed by atoms with van der Waals surface area (Å²) in [7, 11) is 3.37. The molecule has 0 atom stereocenters. The van der Waals surface area contributed by atoms with Gasteiger partial charge in [-0.3, -0.25) is 4.90 Å². The molecule has 2 aromatic carbocycles. The van der Waals surface area contributed by atoms with Crippen molar-refractivity contribution < 1.29 is 14.2 Å². The van der Waals surface area contributed by atoms with Crippen LogP contribution in [0.2, 0.25) is 0 Å². The van der Waals surface area contributed by atoms with Crippen LogP contribution in [0.3, 0.4) is 0 Å². The molecule has 0 fully saturated rings. The van der Waals surface area contributed by atoms with E-state index < -0.39 is 0 Å². The number of benzene rings is 2. The van der Waals surface area contributed by atoms with Crippen LogP contribution in [-0.4, -0.2) is 32.3 Å². The number of hydrogen-bond donors (Lipinski definition) is 0. The Hall–Kier alpha value is -2.20. The van der Waals surface area contributed by atoms with Crippen LogP contribution in [0.25, 0.3) is 0 Å². The summed E-state index contributed by atoms with van der Waals surface area (Å²) in [6, 6.07) is 12.6. The highest BCUT2D eigenvalue weighted by Gasteiger charge is 2.19. The van der Waals surface area contributed by atoms with Crippen molar-refractivity contribution in [1.82, 2.24) is 4.90 Å². The van der Waals surface area contributed by atoms with Crippen LogP contribution in [0.4, 0.5) is 0 Å². The largest absolute Gasteiger partial charge is 0.494 e. The smallest absolute Gasteiger partial charge is 0.161 e. The van der Waals surface area contributed by atoms with Crippen LogP contribution in [0.15, 0.2) is 36.4 Å². The van der Waals surface area contributed by atoms with E-state index in [9.17, 15) is 0 Å². The molecule has 0 saturated carbocycles. The lowest BCUT2D eigenvalue weighted by molar-refractivity contribution is 0.244. The minimum absolute atomic E-state index is 0.702. The standard InChI is InChI=1S/C20H25NO3/c1-4-24-18-7-5-15(6-8-18)13-21-10-9-16-11-19(22-2)20(23-3)12-17(16)14-21/h5-8,11-12H,4,9-10,13-14H2,1-3H3. The Bertz CT molecular complexity index is 682. The van der Waals surface area contributed by atoms with E-state index >= 15 is 0 Å². The maximum atomic E-state index is 5.51. The van der Waals surface area contributed by atoms with Gasteiger partial charge in [0.25, 0.3) is 0 Å². The number of fused-ring (bicyclic) bond motifs is 1. The predicted octanol–water partition coefficient (Wildman–Crippen LogP) is 3.66. The number of rotatable bonds is 6. The van der Waals surface area contributed by atoms with Crippen LogP contribution in [0, 0.1) is 0 Å². The third-order valence-electron chi connectivity index (χ3n) is 4.44. The molecule has 0 radical (unpaired) electrons. The normalized spacial score (nSPS) is 14.1. The van der Waals surface area contributed by atoms with Gasteiger partial charge in [-0.1, -0.05) is 12.1 Å². The van der Waals surface area contributed by atoms with Gasteiger partial charge >= 0.3 is 0 Å². The summed E-state index contributed by atoms with van der Waals surface area (Å²) < 4.78 is 16.3. The summed E-state index contributed by atoms with van der Waals surface area (Å²) in [5, 5.41) is 0. The Morgan fingerprint density at radius 2 is 1.62 bits per heavy atom. The second-order valence-electron chi connectivity index (χ2n) is 6.01. The Morgan fingerprint density at radius 1 is 0.958 bits per heavy atom. The molecule has 0 spiro atoms. The van der Waals surface area contributed by atoms with E-state index in [2.05, 4.69) is 29.2 Å². The SMILES string of the molecule is CCOc1ccc(CN2CCc3cc(OC)c(OC)cc3C2)cc1. The quantitative estimate of drug-likeness (QED) is 0.810. The first-order chi connectivity index (χ1) is 11.7. The first-order valence-corrected chi connectivity index (χ1v) is 8.41. The van der Waals surface area contributed by atoms with Crippen molar-refractivity contribution in [3.63, 3.8) is 0 Å². The van der Waals surface area contributed by atoms with Gasteiger partial charge in [-0.15, -0.1) is 0 Å². The summed E-state index contributed by atoms with van der Waals surface area (Å²) in [5.41, 5.74) is 3.99. The first-order valence-electron chi connectivity index (χ1n) is 8.41. The van der Waals surface area contributed by atoms with Gasteiger partial charge in [0.1, 0.15) is 5.75 Å². The van der Waals surface area contributed by atoms with Crippen molar-refractivity contribution in [3.8, 4) is 17.2 Å². The van der Waals surface area contributed by atoms with Crippen LogP contribution in [0.5, 0.6) is 17.2 Å². The number of hydrogen-bond acceptors (Lipinski definition) is 4. The molecule has 1 aliphatic heterocycles. The maximum Gasteiger partial charge on any atom is 0.161 e. The fraction of sp³-hybridized carbons (Fsp3) is 0.400. The molecule has 4 nitrogen and oxygen atoms in total. The van der Waals surface area contributed by atoms with Gasteiger partial charge in [-0.25, -0.2) is 0 Å². The molecule has 128 valence electrons. The molecule has 4 heteroatoms. The molecule has 0 unspecified atom stereocenters. The van der Waals surface area contributed by atoms with Crippen molar-refractivity contribution in [1.29, 1.82) is 0 Å². The third kappa shape index (κ3) is 3.65. The van der Waals surface area contributed by atoms with E-state index in [1.807, 2.05) is 19.1 Å². The number of methoxy groups -OCH3 is 2. The maximum absolute atomic E-state index is 5.51. The molecule has 0 bridgehead atoms. The minimum Gasteiger partial charge on any atom is -0.494 e. The lowest BCUT2D eigenvalue weighted by Crippen LogP contribution is -2.30.